The van der Waals surface area contributed by atoms with Crippen LogP contribution in [0.25, 0.3) is 0 Å². The van der Waals surface area contributed by atoms with Gasteiger partial charge in [-0.3, -0.25) is 0 Å². The van der Waals surface area contributed by atoms with Crippen molar-refractivity contribution in [2.45, 2.75) is 19.4 Å². The smallest absolute Gasteiger partial charge is 0.321 e. The first kappa shape index (κ1) is 14.4. The van der Waals surface area contributed by atoms with E-state index in [1.54, 1.807) is 11.1 Å². The third-order valence-electron chi connectivity index (χ3n) is 3.74. The number of aromatic nitrogens is 1. The van der Waals surface area contributed by atoms with Crippen molar-refractivity contribution in [1.29, 1.82) is 0 Å². The summed E-state index contributed by atoms with van der Waals surface area (Å²) in [6, 6.07) is 13.2. The Morgan fingerprint density at radius 1 is 1.27 bits per heavy atom. The van der Waals surface area contributed by atoms with Gasteiger partial charge >= 0.3 is 6.03 Å². The van der Waals surface area contributed by atoms with Gasteiger partial charge in [0.15, 0.2) is 0 Å². The number of nitrogens with zero attached hydrogens (tertiary/aromatic N) is 2. The number of aryl methyl sites for hydroxylation is 1. The number of hydrogen-bond acceptors (Lipinski definition) is 3. The Morgan fingerprint density at radius 2 is 2.09 bits per heavy atom. The van der Waals surface area contributed by atoms with Crippen molar-refractivity contribution in [3.05, 3.63) is 54.2 Å². The van der Waals surface area contributed by atoms with Crippen molar-refractivity contribution >= 4 is 11.7 Å². The Bertz CT molecular complexity index is 645. The molecule has 2 heterocycles. The van der Waals surface area contributed by atoms with Crippen LogP contribution in [-0.4, -0.2) is 35.1 Å². The Balaban J connectivity index is 1.56. The second-order valence-corrected chi connectivity index (χ2v) is 5.39. The lowest BCUT2D eigenvalue weighted by atomic mass is 10.2. The van der Waals surface area contributed by atoms with Crippen LogP contribution >= 0.6 is 0 Å². The van der Waals surface area contributed by atoms with E-state index in [0.717, 1.165) is 17.7 Å². The largest absolute Gasteiger partial charge is 0.472 e. The van der Waals surface area contributed by atoms with Gasteiger partial charge in [-0.1, -0.05) is 24.3 Å². The number of likely N-dealkylation sites (tertiary alicyclic amines) is 1. The maximum absolute atomic E-state index is 12.3. The van der Waals surface area contributed by atoms with E-state index >= 15 is 0 Å². The van der Waals surface area contributed by atoms with E-state index in [4.69, 9.17) is 4.74 Å². The van der Waals surface area contributed by atoms with Gasteiger partial charge in [0, 0.05) is 30.9 Å². The first-order valence-corrected chi connectivity index (χ1v) is 7.41. The van der Waals surface area contributed by atoms with Crippen LogP contribution in [0.3, 0.4) is 0 Å². The topological polar surface area (TPSA) is 54.5 Å². The van der Waals surface area contributed by atoms with Crippen molar-refractivity contribution in [2.75, 3.05) is 18.4 Å². The quantitative estimate of drug-likeness (QED) is 0.947. The van der Waals surface area contributed by atoms with Crippen molar-refractivity contribution in [2.24, 2.45) is 0 Å². The Kier molecular flexibility index (Phi) is 4.23. The highest BCUT2D eigenvalue weighted by Gasteiger charge is 2.28. The van der Waals surface area contributed by atoms with E-state index in [2.05, 4.69) is 10.3 Å². The summed E-state index contributed by atoms with van der Waals surface area (Å²) in [5.41, 5.74) is 1.90. The lowest BCUT2D eigenvalue weighted by Gasteiger charge is -2.18. The molecule has 5 heteroatoms. The molecule has 1 aromatic carbocycles. The molecule has 0 aliphatic carbocycles. The maximum Gasteiger partial charge on any atom is 0.321 e. The average Bonchev–Trinajstić information content (AvgIpc) is 2.99. The number of ether oxygens (including phenoxy) is 1. The minimum Gasteiger partial charge on any atom is -0.472 e. The number of carbonyl (C=O) groups excluding carboxylic acids is 1. The zero-order valence-electron chi connectivity index (χ0n) is 12.5. The summed E-state index contributed by atoms with van der Waals surface area (Å²) >= 11 is 0. The van der Waals surface area contributed by atoms with Gasteiger partial charge in [-0.05, 0) is 24.6 Å². The first-order chi connectivity index (χ1) is 10.7. The van der Waals surface area contributed by atoms with E-state index in [0.29, 0.717) is 19.0 Å². The fraction of sp³-hybridized carbons (Fsp3) is 0.294. The van der Waals surface area contributed by atoms with Gasteiger partial charge in [0.1, 0.15) is 6.10 Å². The minimum absolute atomic E-state index is 0.00230. The van der Waals surface area contributed by atoms with Gasteiger partial charge < -0.3 is 15.0 Å². The molecule has 3 rings (SSSR count). The SMILES string of the molecule is Cc1ccccc1NC(=O)N1CC[C@H](Oc2ccccn2)C1. The Labute approximate surface area is 129 Å². The molecule has 1 aromatic heterocycles. The van der Waals surface area contributed by atoms with E-state index < -0.39 is 0 Å². The number of para-hydroxylation sites is 1. The fourth-order valence-electron chi connectivity index (χ4n) is 2.50. The van der Waals surface area contributed by atoms with Gasteiger partial charge in [-0.2, -0.15) is 0 Å². The average molecular weight is 297 g/mol. The normalized spacial score (nSPS) is 17.3. The zero-order valence-corrected chi connectivity index (χ0v) is 12.5. The summed E-state index contributed by atoms with van der Waals surface area (Å²) < 4.78 is 5.80. The monoisotopic (exact) mass is 297 g/mol. The number of rotatable bonds is 3. The highest BCUT2D eigenvalue weighted by atomic mass is 16.5. The predicted molar refractivity (Wildman–Crippen MR) is 85.0 cm³/mol. The van der Waals surface area contributed by atoms with Crippen molar-refractivity contribution in [3.8, 4) is 5.88 Å². The molecular formula is C17H19N3O2. The van der Waals surface area contributed by atoms with E-state index in [-0.39, 0.29) is 12.1 Å². The summed E-state index contributed by atoms with van der Waals surface area (Å²) in [5, 5.41) is 2.95. The maximum atomic E-state index is 12.3. The number of anilines is 1. The first-order valence-electron chi connectivity index (χ1n) is 7.41. The van der Waals surface area contributed by atoms with Crippen LogP contribution in [0.5, 0.6) is 5.88 Å². The number of amides is 2. The second-order valence-electron chi connectivity index (χ2n) is 5.39. The highest BCUT2D eigenvalue weighted by Crippen LogP contribution is 2.18. The summed E-state index contributed by atoms with van der Waals surface area (Å²) in [4.78, 5) is 18.2. The van der Waals surface area contributed by atoms with Crippen molar-refractivity contribution < 1.29 is 9.53 Å². The summed E-state index contributed by atoms with van der Waals surface area (Å²) in [7, 11) is 0. The second kappa shape index (κ2) is 6.47. The van der Waals surface area contributed by atoms with Crippen molar-refractivity contribution in [1.82, 2.24) is 9.88 Å². The molecule has 1 aliphatic rings. The molecule has 22 heavy (non-hydrogen) atoms. The van der Waals surface area contributed by atoms with Crippen LogP contribution in [0.1, 0.15) is 12.0 Å². The molecular weight excluding hydrogens is 278 g/mol. The molecule has 114 valence electrons. The van der Waals surface area contributed by atoms with Crippen LogP contribution in [0.15, 0.2) is 48.7 Å². The molecule has 0 spiro atoms. The van der Waals surface area contributed by atoms with Crippen LogP contribution in [-0.2, 0) is 0 Å². The van der Waals surface area contributed by atoms with Crippen LogP contribution in [0.4, 0.5) is 10.5 Å². The molecule has 2 amide bonds. The fourth-order valence-corrected chi connectivity index (χ4v) is 2.50. The van der Waals surface area contributed by atoms with Crippen LogP contribution in [0, 0.1) is 6.92 Å². The standard InChI is InChI=1S/C17H19N3O2/c1-13-6-2-3-7-15(13)19-17(21)20-11-9-14(12-20)22-16-8-4-5-10-18-16/h2-8,10,14H,9,11-12H2,1H3,(H,19,21)/t14-/m0/s1. The summed E-state index contributed by atoms with van der Waals surface area (Å²) in [6.45, 7) is 3.25. The van der Waals surface area contributed by atoms with Crippen LogP contribution in [0.2, 0.25) is 0 Å². The number of urea groups is 1. The highest BCUT2D eigenvalue weighted by molar-refractivity contribution is 5.90. The van der Waals surface area contributed by atoms with Crippen molar-refractivity contribution in [3.63, 3.8) is 0 Å². The third kappa shape index (κ3) is 3.36. The summed E-state index contributed by atoms with van der Waals surface area (Å²) in [6.07, 6.45) is 2.52. The number of pyridine rings is 1. The van der Waals surface area contributed by atoms with Gasteiger partial charge in [0.05, 0.1) is 6.54 Å². The molecule has 1 saturated heterocycles. The number of carbonyl (C=O) groups is 1. The van der Waals surface area contributed by atoms with Gasteiger partial charge in [-0.25, -0.2) is 9.78 Å². The summed E-state index contributed by atoms with van der Waals surface area (Å²) in [5.74, 6) is 0.605. The number of nitrogens with one attached hydrogen (secondary N) is 1. The molecule has 0 unspecified atom stereocenters. The number of hydrogen-bond donors (Lipinski definition) is 1. The molecule has 2 aromatic rings. The lowest BCUT2D eigenvalue weighted by Crippen LogP contribution is -2.34. The molecule has 1 atom stereocenters. The predicted octanol–water partition coefficient (Wildman–Crippen LogP) is 3.08. The van der Waals surface area contributed by atoms with E-state index in [1.807, 2.05) is 49.4 Å². The molecule has 1 fully saturated rings. The van der Waals surface area contributed by atoms with Gasteiger partial charge in [0.2, 0.25) is 5.88 Å². The van der Waals surface area contributed by atoms with E-state index in [9.17, 15) is 4.79 Å². The molecule has 0 bridgehead atoms. The number of benzene rings is 1. The molecule has 1 N–H and O–H groups in total. The minimum atomic E-state index is -0.0820. The lowest BCUT2D eigenvalue weighted by molar-refractivity contribution is 0.190. The zero-order chi connectivity index (χ0) is 15.4. The van der Waals surface area contributed by atoms with Gasteiger partial charge in [-0.15, -0.1) is 0 Å². The molecule has 5 nitrogen and oxygen atoms in total. The Morgan fingerprint density at radius 3 is 2.86 bits per heavy atom. The molecule has 1 aliphatic heterocycles. The van der Waals surface area contributed by atoms with E-state index in [1.165, 1.54) is 0 Å². The molecule has 0 radical (unpaired) electrons. The third-order valence-corrected chi connectivity index (χ3v) is 3.74. The van der Waals surface area contributed by atoms with Gasteiger partial charge in [0.25, 0.3) is 0 Å². The molecule has 0 saturated carbocycles. The van der Waals surface area contributed by atoms with Crippen LogP contribution < -0.4 is 10.1 Å². The Hall–Kier alpha value is -2.56.